The fourth-order valence-corrected chi connectivity index (χ4v) is 3.98. The Morgan fingerprint density at radius 2 is 1.74 bits per heavy atom. The summed E-state index contributed by atoms with van der Waals surface area (Å²) in [6.07, 6.45) is 1.08. The number of carbonyl (C=O) groups is 1. The first-order valence-electron chi connectivity index (χ1n) is 11.1. The van der Waals surface area contributed by atoms with Crippen LogP contribution >= 0.6 is 11.6 Å². The molecule has 0 bridgehead atoms. The van der Waals surface area contributed by atoms with Gasteiger partial charge in [0.05, 0.1) is 28.7 Å². The lowest BCUT2D eigenvalue weighted by atomic mass is 10.1. The van der Waals surface area contributed by atoms with Gasteiger partial charge in [0, 0.05) is 22.3 Å². The third kappa shape index (κ3) is 4.85. The average molecular weight is 485 g/mol. The number of halogens is 1. The Labute approximate surface area is 206 Å². The molecule has 0 aliphatic rings. The number of ether oxygens (including phenoxy) is 1. The van der Waals surface area contributed by atoms with Crippen molar-refractivity contribution in [3.05, 3.63) is 112 Å². The van der Waals surface area contributed by atoms with Crippen LogP contribution in [0.4, 0.5) is 0 Å². The van der Waals surface area contributed by atoms with Crippen molar-refractivity contribution >= 4 is 28.5 Å². The van der Waals surface area contributed by atoms with E-state index in [1.54, 1.807) is 48.0 Å². The highest BCUT2D eigenvalue weighted by atomic mass is 35.5. The van der Waals surface area contributed by atoms with Crippen LogP contribution in [0.5, 0.6) is 0 Å². The van der Waals surface area contributed by atoms with E-state index in [2.05, 4.69) is 9.97 Å². The molecule has 3 aromatic carbocycles. The van der Waals surface area contributed by atoms with E-state index in [9.17, 15) is 9.59 Å². The van der Waals surface area contributed by atoms with Crippen molar-refractivity contribution < 1.29 is 9.53 Å². The van der Waals surface area contributed by atoms with Gasteiger partial charge in [0.15, 0.2) is 11.9 Å². The second-order valence-electron chi connectivity index (χ2n) is 8.07. The number of rotatable bonds is 6. The summed E-state index contributed by atoms with van der Waals surface area (Å²) in [5, 5.41) is 5.82. The lowest BCUT2D eigenvalue weighted by Crippen LogP contribution is -2.18. The third-order valence-corrected chi connectivity index (χ3v) is 5.84. The molecule has 0 saturated carbocycles. The highest BCUT2D eigenvalue weighted by Gasteiger charge is 2.20. The van der Waals surface area contributed by atoms with Crippen LogP contribution in [0.3, 0.4) is 0 Å². The molecular weight excluding hydrogens is 464 g/mol. The molecule has 1 unspecified atom stereocenters. The molecule has 0 saturated heterocycles. The Kier molecular flexibility index (Phi) is 6.16. The lowest BCUT2D eigenvalue weighted by Gasteiger charge is -2.13. The molecule has 0 aliphatic carbocycles. The standard InChI is InChI=1S/C27H21ClN4O3/c1-17(26-29-23-10-6-5-9-22(23)27(34)30-26)35-24(33)15-19-16-32(21-7-3-2-4-8-21)31-25(19)18-11-13-20(28)14-12-18/h2-14,16-17H,15H2,1H3,(H,29,30,34). The summed E-state index contributed by atoms with van der Waals surface area (Å²) < 4.78 is 7.37. The van der Waals surface area contributed by atoms with Crippen LogP contribution in [0.15, 0.2) is 89.9 Å². The van der Waals surface area contributed by atoms with E-state index in [-0.39, 0.29) is 12.0 Å². The van der Waals surface area contributed by atoms with Crippen molar-refractivity contribution in [3.63, 3.8) is 0 Å². The number of H-pyrrole nitrogens is 1. The Balaban J connectivity index is 1.42. The maximum Gasteiger partial charge on any atom is 0.311 e. The first-order valence-corrected chi connectivity index (χ1v) is 11.4. The van der Waals surface area contributed by atoms with E-state index < -0.39 is 12.1 Å². The molecule has 0 fully saturated rings. The van der Waals surface area contributed by atoms with Crippen LogP contribution in [0.2, 0.25) is 5.02 Å². The van der Waals surface area contributed by atoms with Gasteiger partial charge in [0.25, 0.3) is 5.56 Å². The number of nitrogens with zero attached hydrogens (tertiary/aromatic N) is 3. The minimum atomic E-state index is -0.733. The van der Waals surface area contributed by atoms with Gasteiger partial charge in [-0.1, -0.05) is 54.1 Å². The highest BCUT2D eigenvalue weighted by Crippen LogP contribution is 2.26. The van der Waals surface area contributed by atoms with Gasteiger partial charge in [0.1, 0.15) is 0 Å². The van der Waals surface area contributed by atoms with Crippen LogP contribution in [0.1, 0.15) is 24.4 Å². The van der Waals surface area contributed by atoms with Gasteiger partial charge in [-0.2, -0.15) is 5.10 Å². The zero-order valence-corrected chi connectivity index (χ0v) is 19.6. The number of para-hydroxylation sites is 2. The molecule has 2 aromatic heterocycles. The molecule has 35 heavy (non-hydrogen) atoms. The van der Waals surface area contributed by atoms with Crippen molar-refractivity contribution in [2.24, 2.45) is 0 Å². The highest BCUT2D eigenvalue weighted by molar-refractivity contribution is 6.30. The van der Waals surface area contributed by atoms with E-state index >= 15 is 0 Å². The van der Waals surface area contributed by atoms with Gasteiger partial charge in [-0.25, -0.2) is 9.67 Å². The molecule has 8 heteroatoms. The normalized spacial score (nSPS) is 11.9. The fraction of sp³-hybridized carbons (Fsp3) is 0.111. The second-order valence-corrected chi connectivity index (χ2v) is 8.50. The monoisotopic (exact) mass is 484 g/mol. The Bertz CT molecular complexity index is 1560. The molecule has 0 aliphatic heterocycles. The van der Waals surface area contributed by atoms with Crippen LogP contribution in [-0.4, -0.2) is 25.7 Å². The molecule has 0 amide bonds. The first-order chi connectivity index (χ1) is 17.0. The number of carbonyl (C=O) groups excluding carboxylic acids is 1. The smallest absolute Gasteiger partial charge is 0.311 e. The number of benzene rings is 3. The Hall–Kier alpha value is -4.23. The molecule has 0 spiro atoms. The van der Waals surface area contributed by atoms with Crippen molar-refractivity contribution in [3.8, 4) is 16.9 Å². The van der Waals surface area contributed by atoms with Crippen LogP contribution < -0.4 is 5.56 Å². The fourth-order valence-electron chi connectivity index (χ4n) is 3.85. The topological polar surface area (TPSA) is 89.9 Å². The van der Waals surface area contributed by atoms with E-state index in [1.165, 1.54) is 0 Å². The number of aromatic nitrogens is 4. The molecule has 1 atom stereocenters. The largest absolute Gasteiger partial charge is 0.454 e. The summed E-state index contributed by atoms with van der Waals surface area (Å²) in [5.41, 5.74) is 3.33. The number of esters is 1. The van der Waals surface area contributed by atoms with E-state index in [4.69, 9.17) is 21.4 Å². The molecule has 7 nitrogen and oxygen atoms in total. The summed E-state index contributed by atoms with van der Waals surface area (Å²) in [7, 11) is 0. The van der Waals surface area contributed by atoms with Crippen molar-refractivity contribution in [2.45, 2.75) is 19.4 Å². The molecule has 174 valence electrons. The van der Waals surface area contributed by atoms with Gasteiger partial charge in [-0.3, -0.25) is 9.59 Å². The number of hydrogen-bond donors (Lipinski definition) is 1. The molecule has 1 N–H and O–H groups in total. The quantitative estimate of drug-likeness (QED) is 0.331. The van der Waals surface area contributed by atoms with Gasteiger partial charge < -0.3 is 9.72 Å². The lowest BCUT2D eigenvalue weighted by molar-refractivity contribution is -0.148. The minimum Gasteiger partial charge on any atom is -0.454 e. The zero-order valence-electron chi connectivity index (χ0n) is 18.8. The van der Waals surface area contributed by atoms with Crippen molar-refractivity contribution in [1.82, 2.24) is 19.7 Å². The number of fused-ring (bicyclic) bond motifs is 1. The van der Waals surface area contributed by atoms with E-state index in [1.807, 2.05) is 48.7 Å². The minimum absolute atomic E-state index is 0.00700. The first kappa shape index (κ1) is 22.6. The number of aromatic amines is 1. The van der Waals surface area contributed by atoms with Crippen molar-refractivity contribution in [1.29, 1.82) is 0 Å². The summed E-state index contributed by atoms with van der Waals surface area (Å²) in [6.45, 7) is 1.68. The third-order valence-electron chi connectivity index (χ3n) is 5.59. The maximum absolute atomic E-state index is 12.9. The summed E-state index contributed by atoms with van der Waals surface area (Å²) in [5.74, 6) is -0.170. The van der Waals surface area contributed by atoms with Gasteiger partial charge in [0.2, 0.25) is 0 Å². The zero-order chi connectivity index (χ0) is 24.4. The molecule has 0 radical (unpaired) electrons. The van der Waals surface area contributed by atoms with Gasteiger partial charge in [-0.15, -0.1) is 0 Å². The maximum atomic E-state index is 12.9. The van der Waals surface area contributed by atoms with Gasteiger partial charge in [-0.05, 0) is 43.3 Å². The average Bonchev–Trinajstić information content (AvgIpc) is 3.28. The summed E-state index contributed by atoms with van der Waals surface area (Å²) >= 11 is 6.06. The molecule has 5 aromatic rings. The predicted octanol–water partition coefficient (Wildman–Crippen LogP) is 5.28. The van der Waals surface area contributed by atoms with E-state index in [0.717, 1.165) is 11.3 Å². The van der Waals surface area contributed by atoms with Crippen LogP contribution in [0.25, 0.3) is 27.8 Å². The summed E-state index contributed by atoms with van der Waals surface area (Å²) in [6, 6.07) is 24.0. The second kappa shape index (κ2) is 9.56. The van der Waals surface area contributed by atoms with Crippen LogP contribution in [0, 0.1) is 0 Å². The molecule has 5 rings (SSSR count). The van der Waals surface area contributed by atoms with Crippen molar-refractivity contribution in [2.75, 3.05) is 0 Å². The van der Waals surface area contributed by atoms with E-state index in [0.29, 0.717) is 33.0 Å². The van der Waals surface area contributed by atoms with Crippen LogP contribution in [-0.2, 0) is 16.0 Å². The Morgan fingerprint density at radius 1 is 1.03 bits per heavy atom. The molecular formula is C27H21ClN4O3. The number of hydrogen-bond acceptors (Lipinski definition) is 5. The predicted molar refractivity (Wildman–Crippen MR) is 135 cm³/mol. The number of nitrogens with one attached hydrogen (secondary N) is 1. The Morgan fingerprint density at radius 3 is 2.51 bits per heavy atom. The molecule has 2 heterocycles. The van der Waals surface area contributed by atoms with Gasteiger partial charge >= 0.3 is 5.97 Å². The SMILES string of the molecule is CC(OC(=O)Cc1cn(-c2ccccc2)nc1-c1ccc(Cl)cc1)c1nc2ccccc2c(=O)[nH]1. The summed E-state index contributed by atoms with van der Waals surface area (Å²) in [4.78, 5) is 32.5.